The van der Waals surface area contributed by atoms with Crippen molar-refractivity contribution in [2.75, 3.05) is 14.2 Å². The summed E-state index contributed by atoms with van der Waals surface area (Å²) in [6.07, 6.45) is 5.68. The number of rotatable bonds is 6. The minimum Gasteiger partial charge on any atom is -0.497 e. The van der Waals surface area contributed by atoms with Gasteiger partial charge in [-0.1, -0.05) is 24.6 Å². The van der Waals surface area contributed by atoms with Crippen molar-refractivity contribution in [3.63, 3.8) is 0 Å². The van der Waals surface area contributed by atoms with Gasteiger partial charge in [0.05, 0.1) is 14.2 Å². The summed E-state index contributed by atoms with van der Waals surface area (Å²) < 4.78 is 10.7. The Balaban J connectivity index is 1.41. The minimum atomic E-state index is 0.00825. The molecule has 2 aromatic carbocycles. The number of ether oxygens (including phenoxy) is 2. The number of carbonyl (C=O) groups excluding carboxylic acids is 1. The first-order valence-electron chi connectivity index (χ1n) is 10.5. The molecule has 1 amide bonds. The van der Waals surface area contributed by atoms with Crippen LogP contribution < -0.4 is 14.8 Å². The quantitative estimate of drug-likeness (QED) is 0.804. The van der Waals surface area contributed by atoms with Crippen molar-refractivity contribution in [2.45, 2.75) is 56.8 Å². The molecule has 29 heavy (non-hydrogen) atoms. The van der Waals surface area contributed by atoms with Crippen molar-refractivity contribution in [1.82, 2.24) is 10.2 Å². The normalized spacial score (nSPS) is 24.0. The molecule has 4 rings (SSSR count). The molecule has 5 heteroatoms. The number of nitrogens with one attached hydrogen (secondary N) is 1. The molecule has 0 spiro atoms. The summed E-state index contributed by atoms with van der Waals surface area (Å²) >= 11 is 0. The van der Waals surface area contributed by atoms with Gasteiger partial charge in [-0.05, 0) is 56.0 Å². The van der Waals surface area contributed by atoms with E-state index in [1.165, 1.54) is 24.8 Å². The second kappa shape index (κ2) is 8.87. The third kappa shape index (κ3) is 4.40. The van der Waals surface area contributed by atoms with Crippen LogP contribution in [0.4, 0.5) is 0 Å². The smallest absolute Gasteiger partial charge is 0.251 e. The number of methoxy groups -OCH3 is 2. The number of fused-ring (bicyclic) bond motifs is 2. The number of nitrogens with zero attached hydrogens (tertiary/aromatic N) is 1. The van der Waals surface area contributed by atoms with Crippen LogP contribution in [-0.2, 0) is 6.54 Å². The van der Waals surface area contributed by atoms with Crippen LogP contribution >= 0.6 is 0 Å². The van der Waals surface area contributed by atoms with Crippen molar-refractivity contribution < 1.29 is 14.3 Å². The first-order chi connectivity index (χ1) is 14.2. The van der Waals surface area contributed by atoms with E-state index in [1.807, 2.05) is 36.4 Å². The molecule has 5 nitrogen and oxygen atoms in total. The van der Waals surface area contributed by atoms with Gasteiger partial charge in [-0.3, -0.25) is 9.69 Å². The molecule has 2 atom stereocenters. The zero-order chi connectivity index (χ0) is 20.2. The SMILES string of the molecule is COc1ccc(C(=O)NC2C[C@H]3CCC[C@H](C2)N3Cc2ccccc2OC)cc1. The van der Waals surface area contributed by atoms with Crippen molar-refractivity contribution in [3.05, 3.63) is 59.7 Å². The monoisotopic (exact) mass is 394 g/mol. The van der Waals surface area contributed by atoms with Gasteiger partial charge in [0.25, 0.3) is 5.91 Å². The van der Waals surface area contributed by atoms with Gasteiger partial charge in [0.2, 0.25) is 0 Å². The Morgan fingerprint density at radius 2 is 1.69 bits per heavy atom. The van der Waals surface area contributed by atoms with E-state index in [4.69, 9.17) is 9.47 Å². The summed E-state index contributed by atoms with van der Waals surface area (Å²) in [7, 11) is 3.37. The van der Waals surface area contributed by atoms with Crippen LogP contribution in [0.15, 0.2) is 48.5 Å². The molecule has 0 radical (unpaired) electrons. The zero-order valence-corrected chi connectivity index (χ0v) is 17.3. The van der Waals surface area contributed by atoms with E-state index < -0.39 is 0 Å². The van der Waals surface area contributed by atoms with Gasteiger partial charge in [0.15, 0.2) is 0 Å². The van der Waals surface area contributed by atoms with Crippen LogP contribution in [0.1, 0.15) is 48.0 Å². The van der Waals surface area contributed by atoms with E-state index in [2.05, 4.69) is 22.3 Å². The van der Waals surface area contributed by atoms with E-state index in [0.717, 1.165) is 30.9 Å². The largest absolute Gasteiger partial charge is 0.497 e. The molecule has 2 bridgehead atoms. The molecular formula is C24H30N2O3. The van der Waals surface area contributed by atoms with Gasteiger partial charge >= 0.3 is 0 Å². The molecule has 2 saturated heterocycles. The number of hydrogen-bond acceptors (Lipinski definition) is 4. The first kappa shape index (κ1) is 19.8. The second-order valence-corrected chi connectivity index (χ2v) is 8.09. The van der Waals surface area contributed by atoms with Crippen molar-refractivity contribution >= 4 is 5.91 Å². The van der Waals surface area contributed by atoms with Gasteiger partial charge in [0, 0.05) is 35.8 Å². The number of benzene rings is 2. The lowest BCUT2D eigenvalue weighted by Gasteiger charge is -2.49. The molecule has 0 unspecified atom stereocenters. The van der Waals surface area contributed by atoms with Gasteiger partial charge in [-0.2, -0.15) is 0 Å². The topological polar surface area (TPSA) is 50.8 Å². The molecule has 0 aromatic heterocycles. The van der Waals surface area contributed by atoms with E-state index in [-0.39, 0.29) is 11.9 Å². The Morgan fingerprint density at radius 1 is 1.00 bits per heavy atom. The van der Waals surface area contributed by atoms with Crippen LogP contribution in [0, 0.1) is 0 Å². The van der Waals surface area contributed by atoms with Crippen LogP contribution in [0.3, 0.4) is 0 Å². The Hall–Kier alpha value is -2.53. The van der Waals surface area contributed by atoms with Gasteiger partial charge < -0.3 is 14.8 Å². The fourth-order valence-corrected chi connectivity index (χ4v) is 4.90. The lowest BCUT2D eigenvalue weighted by Crippen LogP contribution is -2.56. The third-order valence-electron chi connectivity index (χ3n) is 6.36. The van der Waals surface area contributed by atoms with Gasteiger partial charge in [-0.25, -0.2) is 0 Å². The summed E-state index contributed by atoms with van der Waals surface area (Å²) in [5.74, 6) is 1.73. The van der Waals surface area contributed by atoms with Crippen LogP contribution in [0.25, 0.3) is 0 Å². The third-order valence-corrected chi connectivity index (χ3v) is 6.36. The van der Waals surface area contributed by atoms with Crippen molar-refractivity contribution in [1.29, 1.82) is 0 Å². The molecule has 1 N–H and O–H groups in total. The van der Waals surface area contributed by atoms with Crippen molar-refractivity contribution in [2.24, 2.45) is 0 Å². The average molecular weight is 395 g/mol. The highest BCUT2D eigenvalue weighted by atomic mass is 16.5. The van der Waals surface area contributed by atoms with Gasteiger partial charge in [-0.15, -0.1) is 0 Å². The lowest BCUT2D eigenvalue weighted by atomic mass is 9.81. The summed E-state index contributed by atoms with van der Waals surface area (Å²) in [5, 5.41) is 3.28. The maximum Gasteiger partial charge on any atom is 0.251 e. The number of piperidine rings is 2. The van der Waals surface area contributed by atoms with Gasteiger partial charge in [0.1, 0.15) is 11.5 Å². The first-order valence-corrected chi connectivity index (χ1v) is 10.5. The lowest BCUT2D eigenvalue weighted by molar-refractivity contribution is 0.0172. The highest BCUT2D eigenvalue weighted by molar-refractivity contribution is 5.94. The summed E-state index contributed by atoms with van der Waals surface area (Å²) in [6, 6.07) is 16.9. The number of carbonyl (C=O) groups is 1. The van der Waals surface area contributed by atoms with Crippen LogP contribution in [-0.4, -0.2) is 43.2 Å². The van der Waals surface area contributed by atoms with E-state index in [1.54, 1.807) is 14.2 Å². The maximum absolute atomic E-state index is 12.7. The van der Waals surface area contributed by atoms with E-state index in [0.29, 0.717) is 17.6 Å². The van der Waals surface area contributed by atoms with Crippen molar-refractivity contribution in [3.8, 4) is 11.5 Å². The Labute approximate surface area is 173 Å². The van der Waals surface area contributed by atoms with Crippen LogP contribution in [0.2, 0.25) is 0 Å². The summed E-state index contributed by atoms with van der Waals surface area (Å²) in [4.78, 5) is 15.3. The standard InChI is InChI=1S/C24H30N2O3/c1-28-22-12-10-17(11-13-22)24(27)25-19-14-20-7-5-8-21(15-19)26(20)16-18-6-3-4-9-23(18)29-2/h3-4,6,9-13,19-21H,5,7-8,14-16H2,1-2H3,(H,25,27)/t20-,21-/m1/s1. The predicted molar refractivity (Wildman–Crippen MR) is 113 cm³/mol. The molecule has 2 heterocycles. The molecule has 0 aliphatic carbocycles. The van der Waals surface area contributed by atoms with Crippen LogP contribution in [0.5, 0.6) is 11.5 Å². The molecule has 0 saturated carbocycles. The highest BCUT2D eigenvalue weighted by Crippen LogP contribution is 2.36. The Morgan fingerprint density at radius 3 is 2.34 bits per heavy atom. The Kier molecular flexibility index (Phi) is 6.05. The maximum atomic E-state index is 12.7. The molecule has 2 fully saturated rings. The molecule has 2 aliphatic heterocycles. The number of para-hydroxylation sites is 1. The fraction of sp³-hybridized carbons (Fsp3) is 0.458. The molecule has 2 aromatic rings. The highest BCUT2D eigenvalue weighted by Gasteiger charge is 2.38. The zero-order valence-electron chi connectivity index (χ0n) is 17.3. The Bertz CT molecular complexity index is 822. The molecule has 2 aliphatic rings. The fourth-order valence-electron chi connectivity index (χ4n) is 4.90. The summed E-state index contributed by atoms with van der Waals surface area (Å²) in [6.45, 7) is 0.915. The van der Waals surface area contributed by atoms with E-state index >= 15 is 0 Å². The molecule has 154 valence electrons. The average Bonchev–Trinajstić information content (AvgIpc) is 2.74. The summed E-state index contributed by atoms with van der Waals surface area (Å²) in [5.41, 5.74) is 1.93. The predicted octanol–water partition coefficient (Wildman–Crippen LogP) is 4.02. The number of amides is 1. The van der Waals surface area contributed by atoms with E-state index in [9.17, 15) is 4.79 Å². The minimum absolute atomic E-state index is 0.00825. The number of hydrogen-bond donors (Lipinski definition) is 1. The molecular weight excluding hydrogens is 364 g/mol. The second-order valence-electron chi connectivity index (χ2n) is 8.09.